The number of hydrogen-bond donors (Lipinski definition) is 3. The standard InChI is InChI=1S/C30H34ClN7O3S.ClH/c1-18-29(42-23-7-11-38-16-21(35-27(38)24(23)31)28(40)33-10-14-41-2)36-22(17-39)26(34-18)37-12-8-30(9-13-37)15-19-5-3-4-6-20(19)25(30)32;/h3-7,11,16,25,39H,8-10,12-15,17,32H2,1-2H3,(H,33,40);1H/t25-;/m1./s1. The molecule has 43 heavy (non-hydrogen) atoms. The van der Waals surface area contributed by atoms with Gasteiger partial charge in [0.2, 0.25) is 0 Å². The van der Waals surface area contributed by atoms with Crippen LogP contribution in [0.4, 0.5) is 5.82 Å². The first-order valence-corrected chi connectivity index (χ1v) is 15.2. The molecule has 2 aliphatic rings. The van der Waals surface area contributed by atoms with Gasteiger partial charge in [0, 0.05) is 50.1 Å². The molecule has 10 nitrogen and oxygen atoms in total. The van der Waals surface area contributed by atoms with E-state index in [1.54, 1.807) is 17.7 Å². The van der Waals surface area contributed by atoms with Crippen LogP contribution in [0.3, 0.4) is 0 Å². The minimum absolute atomic E-state index is 0. The number of rotatable bonds is 8. The summed E-state index contributed by atoms with van der Waals surface area (Å²) < 4.78 is 6.70. The number of nitrogens with one attached hydrogen (secondary N) is 1. The molecule has 1 fully saturated rings. The molecule has 4 heterocycles. The number of pyridine rings is 1. The third-order valence-corrected chi connectivity index (χ3v) is 10.1. The van der Waals surface area contributed by atoms with Crippen LogP contribution in [0.2, 0.25) is 5.02 Å². The molecule has 1 atom stereocenters. The van der Waals surface area contributed by atoms with Crippen LogP contribution in [0, 0.1) is 12.3 Å². The smallest absolute Gasteiger partial charge is 0.271 e. The number of carbonyl (C=O) groups is 1. The van der Waals surface area contributed by atoms with Gasteiger partial charge in [-0.1, -0.05) is 47.6 Å². The molecule has 4 aromatic rings. The van der Waals surface area contributed by atoms with Crippen LogP contribution in [-0.2, 0) is 17.8 Å². The summed E-state index contributed by atoms with van der Waals surface area (Å²) in [7, 11) is 1.58. The number of methoxy groups -OCH3 is 1. The summed E-state index contributed by atoms with van der Waals surface area (Å²) >= 11 is 8.11. The quantitative estimate of drug-likeness (QED) is 0.240. The lowest BCUT2D eigenvalue weighted by Gasteiger charge is -2.43. The highest BCUT2D eigenvalue weighted by Gasteiger charge is 2.46. The van der Waals surface area contributed by atoms with Crippen molar-refractivity contribution in [2.24, 2.45) is 11.1 Å². The molecule has 6 rings (SSSR count). The monoisotopic (exact) mass is 643 g/mol. The van der Waals surface area contributed by atoms with Gasteiger partial charge < -0.3 is 30.2 Å². The molecule has 13 heteroatoms. The fourth-order valence-electron chi connectivity index (χ4n) is 6.10. The van der Waals surface area contributed by atoms with Crippen molar-refractivity contribution in [1.82, 2.24) is 24.7 Å². The summed E-state index contributed by atoms with van der Waals surface area (Å²) in [6.45, 7) is 4.10. The highest BCUT2D eigenvalue weighted by Crippen LogP contribution is 2.51. The Labute approximate surface area is 265 Å². The average molecular weight is 645 g/mol. The Balaban J connectivity index is 0.00000368. The summed E-state index contributed by atoms with van der Waals surface area (Å²) in [5.74, 6) is 0.422. The number of nitrogens with zero attached hydrogens (tertiary/aromatic N) is 5. The van der Waals surface area contributed by atoms with E-state index in [1.165, 1.54) is 22.9 Å². The lowest BCUT2D eigenvalue weighted by atomic mass is 9.73. The highest BCUT2D eigenvalue weighted by atomic mass is 35.5. The van der Waals surface area contributed by atoms with Crippen molar-refractivity contribution in [3.8, 4) is 0 Å². The molecule has 1 aromatic carbocycles. The molecule has 1 aliphatic carbocycles. The minimum atomic E-state index is -0.297. The second-order valence-corrected chi connectivity index (χ2v) is 12.4. The van der Waals surface area contributed by atoms with Crippen LogP contribution in [0.1, 0.15) is 51.9 Å². The number of carbonyl (C=O) groups excluding carboxylic acids is 1. The number of piperidine rings is 1. The zero-order valence-corrected chi connectivity index (χ0v) is 26.4. The van der Waals surface area contributed by atoms with Gasteiger partial charge in [-0.3, -0.25) is 4.79 Å². The number of anilines is 1. The van der Waals surface area contributed by atoms with E-state index in [2.05, 4.69) is 39.5 Å². The maximum Gasteiger partial charge on any atom is 0.271 e. The van der Waals surface area contributed by atoms with E-state index in [1.807, 2.05) is 19.2 Å². The summed E-state index contributed by atoms with van der Waals surface area (Å²) in [5, 5.41) is 14.1. The van der Waals surface area contributed by atoms with Crippen LogP contribution >= 0.6 is 35.8 Å². The third-order valence-electron chi connectivity index (χ3n) is 8.44. The number of aromatic nitrogens is 4. The molecule has 0 unspecified atom stereocenters. The Morgan fingerprint density at radius 3 is 2.72 bits per heavy atom. The van der Waals surface area contributed by atoms with Crippen molar-refractivity contribution in [2.75, 3.05) is 38.3 Å². The molecule has 3 aromatic heterocycles. The van der Waals surface area contributed by atoms with Gasteiger partial charge in [-0.2, -0.15) is 0 Å². The molecule has 1 amide bonds. The van der Waals surface area contributed by atoms with E-state index in [-0.39, 0.29) is 42.1 Å². The van der Waals surface area contributed by atoms with Crippen LogP contribution in [0.25, 0.3) is 5.65 Å². The van der Waals surface area contributed by atoms with Crippen LogP contribution in [0.5, 0.6) is 0 Å². The summed E-state index contributed by atoms with van der Waals surface area (Å²) in [5.41, 5.74) is 11.5. The van der Waals surface area contributed by atoms with E-state index in [4.69, 9.17) is 32.0 Å². The summed E-state index contributed by atoms with van der Waals surface area (Å²) in [6.07, 6.45) is 6.37. The molecule has 0 saturated carbocycles. The average Bonchev–Trinajstić information content (AvgIpc) is 3.56. The van der Waals surface area contributed by atoms with E-state index in [0.29, 0.717) is 34.5 Å². The number of nitrogens with two attached hydrogens (primary N) is 1. The predicted octanol–water partition coefficient (Wildman–Crippen LogP) is 4.37. The minimum Gasteiger partial charge on any atom is -0.390 e. The third kappa shape index (κ3) is 5.94. The fourth-order valence-corrected chi connectivity index (χ4v) is 7.29. The normalized spacial score (nSPS) is 17.2. The van der Waals surface area contributed by atoms with Gasteiger partial charge in [0.15, 0.2) is 11.5 Å². The van der Waals surface area contributed by atoms with Crippen molar-refractivity contribution in [3.05, 3.63) is 76.0 Å². The van der Waals surface area contributed by atoms with Gasteiger partial charge in [-0.25, -0.2) is 15.0 Å². The lowest BCUT2D eigenvalue weighted by Crippen LogP contribution is -2.45. The van der Waals surface area contributed by atoms with E-state index in [9.17, 15) is 9.90 Å². The van der Waals surface area contributed by atoms with E-state index >= 15 is 0 Å². The number of hydrogen-bond acceptors (Lipinski definition) is 9. The lowest BCUT2D eigenvalue weighted by molar-refractivity contribution is 0.0932. The largest absolute Gasteiger partial charge is 0.390 e. The van der Waals surface area contributed by atoms with Crippen molar-refractivity contribution in [2.45, 2.75) is 48.8 Å². The molecule has 1 spiro atoms. The zero-order chi connectivity index (χ0) is 29.4. The van der Waals surface area contributed by atoms with Crippen molar-refractivity contribution >= 4 is 53.1 Å². The van der Waals surface area contributed by atoms with E-state index in [0.717, 1.165) is 48.8 Å². The van der Waals surface area contributed by atoms with Gasteiger partial charge in [-0.15, -0.1) is 12.4 Å². The molecule has 4 N–H and O–H groups in total. The van der Waals surface area contributed by atoms with Crippen molar-refractivity contribution in [1.29, 1.82) is 0 Å². The van der Waals surface area contributed by atoms with Gasteiger partial charge in [-0.05, 0) is 48.8 Å². The second-order valence-electron chi connectivity index (χ2n) is 10.9. The van der Waals surface area contributed by atoms with Gasteiger partial charge in [0.25, 0.3) is 5.91 Å². The number of ether oxygens (including phenoxy) is 1. The Morgan fingerprint density at radius 2 is 2.00 bits per heavy atom. The summed E-state index contributed by atoms with van der Waals surface area (Å²) in [6, 6.07) is 10.4. The Morgan fingerprint density at radius 1 is 1.23 bits per heavy atom. The Kier molecular flexibility index (Phi) is 9.50. The molecule has 1 saturated heterocycles. The Hall–Kier alpha value is -2.93. The van der Waals surface area contributed by atoms with Gasteiger partial charge in [0.1, 0.15) is 16.4 Å². The first kappa shape index (κ1) is 31.5. The molecule has 228 valence electrons. The van der Waals surface area contributed by atoms with E-state index < -0.39 is 0 Å². The zero-order valence-electron chi connectivity index (χ0n) is 24.0. The predicted molar refractivity (Wildman–Crippen MR) is 169 cm³/mol. The van der Waals surface area contributed by atoms with Crippen LogP contribution in [0.15, 0.2) is 52.6 Å². The molecular weight excluding hydrogens is 609 g/mol. The molecular formula is C30H35Cl2N7O3S. The molecule has 1 aliphatic heterocycles. The second kappa shape index (κ2) is 13.0. The number of imidazole rings is 1. The number of benzene rings is 1. The van der Waals surface area contributed by atoms with Gasteiger partial charge >= 0.3 is 0 Å². The first-order chi connectivity index (χ1) is 20.3. The number of aliphatic hydroxyl groups is 1. The maximum atomic E-state index is 12.5. The van der Waals surface area contributed by atoms with Gasteiger partial charge in [0.05, 0.1) is 23.9 Å². The number of fused-ring (bicyclic) bond motifs is 2. The summed E-state index contributed by atoms with van der Waals surface area (Å²) in [4.78, 5) is 29.6. The fraction of sp³-hybridized carbons (Fsp3) is 0.400. The number of aryl methyl sites for hydroxylation is 1. The topological polar surface area (TPSA) is 131 Å². The number of aliphatic hydroxyl groups excluding tert-OH is 1. The highest BCUT2D eigenvalue weighted by molar-refractivity contribution is 7.99. The van der Waals surface area contributed by atoms with Crippen molar-refractivity contribution in [3.63, 3.8) is 0 Å². The molecule has 0 bridgehead atoms. The van der Waals surface area contributed by atoms with Crippen LogP contribution in [-0.4, -0.2) is 63.7 Å². The molecule has 0 radical (unpaired) electrons. The van der Waals surface area contributed by atoms with Crippen LogP contribution < -0.4 is 16.0 Å². The Bertz CT molecular complexity index is 1640. The number of halogens is 2. The van der Waals surface area contributed by atoms with Crippen molar-refractivity contribution < 1.29 is 14.6 Å². The maximum absolute atomic E-state index is 12.5. The SMILES string of the molecule is COCCNC(=O)c1cn2ccc(Sc3nc(CO)c(N4CCC5(CC4)Cc4ccccc4[C@H]5N)nc3C)c(Cl)c2n1.Cl. The first-order valence-electron chi connectivity index (χ1n) is 14.0. The number of amides is 1.